The molecule has 1 aliphatic carbocycles. The van der Waals surface area contributed by atoms with Gasteiger partial charge in [-0.05, 0) is 36.8 Å². The number of ether oxygens (including phenoxy) is 1. The Morgan fingerprint density at radius 2 is 2.22 bits per heavy atom. The minimum absolute atomic E-state index is 0.105. The Morgan fingerprint density at radius 1 is 1.39 bits per heavy atom. The Balaban J connectivity index is 1.91. The maximum atomic E-state index is 9.59. The van der Waals surface area contributed by atoms with Gasteiger partial charge in [-0.25, -0.2) is 0 Å². The molecule has 7 heteroatoms. The SMILES string of the molecule is COc1nc(Cl)nc(NCC2CCCC(O)C2)n1. The molecule has 0 saturated heterocycles. The molecule has 0 aromatic carbocycles. The summed E-state index contributed by atoms with van der Waals surface area (Å²) in [6.45, 7) is 0.723. The molecular weight excluding hydrogens is 256 g/mol. The van der Waals surface area contributed by atoms with Crippen molar-refractivity contribution in [3.63, 3.8) is 0 Å². The maximum Gasteiger partial charge on any atom is 0.322 e. The Hall–Kier alpha value is -1.14. The standard InChI is InChI=1S/C11H17ClN4O2/c1-18-11-15-9(12)14-10(16-11)13-6-7-3-2-4-8(17)5-7/h7-8,17H,2-6H2,1H3,(H,13,14,15,16). The van der Waals surface area contributed by atoms with Crippen LogP contribution in [0.5, 0.6) is 6.01 Å². The van der Waals surface area contributed by atoms with Crippen LogP contribution in [0.1, 0.15) is 25.7 Å². The molecule has 1 aromatic rings. The number of hydrogen-bond acceptors (Lipinski definition) is 6. The molecule has 2 rings (SSSR count). The molecular formula is C11H17ClN4O2. The Labute approximate surface area is 111 Å². The van der Waals surface area contributed by atoms with Gasteiger partial charge in [-0.2, -0.15) is 15.0 Å². The summed E-state index contributed by atoms with van der Waals surface area (Å²) in [6.07, 6.45) is 3.72. The largest absolute Gasteiger partial charge is 0.467 e. The van der Waals surface area contributed by atoms with Gasteiger partial charge in [0.1, 0.15) is 0 Å². The van der Waals surface area contributed by atoms with Crippen LogP contribution in [0.3, 0.4) is 0 Å². The number of nitrogens with one attached hydrogen (secondary N) is 1. The van der Waals surface area contributed by atoms with Crippen LogP contribution < -0.4 is 10.1 Å². The van der Waals surface area contributed by atoms with E-state index in [-0.39, 0.29) is 17.4 Å². The van der Waals surface area contributed by atoms with E-state index in [4.69, 9.17) is 16.3 Å². The molecule has 2 N–H and O–H groups in total. The first-order chi connectivity index (χ1) is 8.67. The van der Waals surface area contributed by atoms with Crippen LogP contribution in [0.2, 0.25) is 5.28 Å². The monoisotopic (exact) mass is 272 g/mol. The first-order valence-electron chi connectivity index (χ1n) is 6.05. The summed E-state index contributed by atoms with van der Waals surface area (Å²) in [6, 6.07) is 0.196. The molecule has 0 spiro atoms. The van der Waals surface area contributed by atoms with E-state index in [9.17, 15) is 5.11 Å². The highest BCUT2D eigenvalue weighted by atomic mass is 35.5. The van der Waals surface area contributed by atoms with E-state index in [1.807, 2.05) is 0 Å². The van der Waals surface area contributed by atoms with Crippen LogP contribution in [0, 0.1) is 5.92 Å². The third kappa shape index (κ3) is 3.68. The van der Waals surface area contributed by atoms with Crippen LogP contribution in [-0.2, 0) is 0 Å². The van der Waals surface area contributed by atoms with Crippen LogP contribution in [0.15, 0.2) is 0 Å². The van der Waals surface area contributed by atoms with Gasteiger partial charge in [0.15, 0.2) is 0 Å². The summed E-state index contributed by atoms with van der Waals surface area (Å²) in [7, 11) is 1.48. The van der Waals surface area contributed by atoms with Gasteiger partial charge in [0.05, 0.1) is 13.2 Å². The normalized spacial score (nSPS) is 23.7. The van der Waals surface area contributed by atoms with Gasteiger partial charge in [0.2, 0.25) is 11.2 Å². The van der Waals surface area contributed by atoms with E-state index in [0.717, 1.165) is 32.2 Å². The van der Waals surface area contributed by atoms with Crippen molar-refractivity contribution < 1.29 is 9.84 Å². The van der Waals surface area contributed by atoms with Crippen LogP contribution in [0.25, 0.3) is 0 Å². The van der Waals surface area contributed by atoms with Gasteiger partial charge in [0.25, 0.3) is 0 Å². The smallest absolute Gasteiger partial charge is 0.322 e. The van der Waals surface area contributed by atoms with Crippen LogP contribution in [0.4, 0.5) is 5.95 Å². The molecule has 1 aromatic heterocycles. The highest BCUT2D eigenvalue weighted by Gasteiger charge is 2.20. The number of nitrogens with zero attached hydrogens (tertiary/aromatic N) is 3. The van der Waals surface area contributed by atoms with Crippen molar-refractivity contribution in [3.05, 3.63) is 5.28 Å². The molecule has 0 aliphatic heterocycles. The van der Waals surface area contributed by atoms with Crippen molar-refractivity contribution in [1.29, 1.82) is 0 Å². The lowest BCUT2D eigenvalue weighted by Gasteiger charge is -2.25. The summed E-state index contributed by atoms with van der Waals surface area (Å²) in [4.78, 5) is 11.8. The number of aliphatic hydroxyl groups excluding tert-OH is 1. The first-order valence-corrected chi connectivity index (χ1v) is 6.42. The summed E-state index contributed by atoms with van der Waals surface area (Å²) in [5.41, 5.74) is 0. The molecule has 2 unspecified atom stereocenters. The Bertz CT molecular complexity index is 405. The highest BCUT2D eigenvalue weighted by Crippen LogP contribution is 2.24. The van der Waals surface area contributed by atoms with Crippen molar-refractivity contribution in [2.24, 2.45) is 5.92 Å². The summed E-state index contributed by atoms with van der Waals surface area (Å²) >= 11 is 5.75. The number of rotatable bonds is 4. The number of aromatic nitrogens is 3. The average Bonchev–Trinajstić information content (AvgIpc) is 2.36. The van der Waals surface area contributed by atoms with E-state index in [1.54, 1.807) is 0 Å². The van der Waals surface area contributed by atoms with E-state index >= 15 is 0 Å². The zero-order valence-corrected chi connectivity index (χ0v) is 11.0. The second-order valence-corrected chi connectivity index (χ2v) is 4.82. The molecule has 0 radical (unpaired) electrons. The van der Waals surface area contributed by atoms with Gasteiger partial charge in [-0.15, -0.1) is 0 Å². The van der Waals surface area contributed by atoms with Crippen molar-refractivity contribution in [2.45, 2.75) is 31.8 Å². The molecule has 0 amide bonds. The number of aliphatic hydroxyl groups is 1. The third-order valence-electron chi connectivity index (χ3n) is 3.07. The van der Waals surface area contributed by atoms with Crippen molar-refractivity contribution >= 4 is 17.5 Å². The number of hydrogen-bond donors (Lipinski definition) is 2. The number of methoxy groups -OCH3 is 1. The summed E-state index contributed by atoms with van der Waals surface area (Å²) in [5, 5.41) is 12.8. The molecule has 0 bridgehead atoms. The molecule has 100 valence electrons. The van der Waals surface area contributed by atoms with Crippen molar-refractivity contribution in [3.8, 4) is 6.01 Å². The van der Waals surface area contributed by atoms with E-state index < -0.39 is 0 Å². The fourth-order valence-corrected chi connectivity index (χ4v) is 2.34. The maximum absolute atomic E-state index is 9.59. The highest BCUT2D eigenvalue weighted by molar-refractivity contribution is 6.28. The van der Waals surface area contributed by atoms with Gasteiger partial charge < -0.3 is 15.2 Å². The Kier molecular flexibility index (Phi) is 4.54. The lowest BCUT2D eigenvalue weighted by molar-refractivity contribution is 0.104. The fraction of sp³-hybridized carbons (Fsp3) is 0.727. The van der Waals surface area contributed by atoms with Gasteiger partial charge in [-0.3, -0.25) is 0 Å². The molecule has 1 heterocycles. The molecule has 2 atom stereocenters. The molecule has 18 heavy (non-hydrogen) atoms. The van der Waals surface area contributed by atoms with Gasteiger partial charge in [0, 0.05) is 6.54 Å². The summed E-state index contributed by atoms with van der Waals surface area (Å²) in [5.74, 6) is 0.849. The van der Waals surface area contributed by atoms with Gasteiger partial charge >= 0.3 is 6.01 Å². The molecule has 6 nitrogen and oxygen atoms in total. The predicted molar refractivity (Wildman–Crippen MR) is 67.8 cm³/mol. The molecule has 1 fully saturated rings. The lowest BCUT2D eigenvalue weighted by Crippen LogP contribution is -2.25. The predicted octanol–water partition coefficient (Wildman–Crippen LogP) is 1.50. The minimum atomic E-state index is -0.179. The second-order valence-electron chi connectivity index (χ2n) is 4.48. The van der Waals surface area contributed by atoms with E-state index in [2.05, 4.69) is 20.3 Å². The Morgan fingerprint density at radius 3 is 2.94 bits per heavy atom. The van der Waals surface area contributed by atoms with Crippen molar-refractivity contribution in [2.75, 3.05) is 19.0 Å². The topological polar surface area (TPSA) is 80.2 Å². The first kappa shape index (κ1) is 13.3. The lowest BCUT2D eigenvalue weighted by atomic mass is 9.87. The average molecular weight is 273 g/mol. The second kappa shape index (κ2) is 6.15. The number of halogens is 1. The van der Waals surface area contributed by atoms with Crippen molar-refractivity contribution in [1.82, 2.24) is 15.0 Å². The van der Waals surface area contributed by atoms with Crippen LogP contribution >= 0.6 is 11.6 Å². The van der Waals surface area contributed by atoms with Crippen LogP contribution in [-0.4, -0.2) is 39.8 Å². The minimum Gasteiger partial charge on any atom is -0.467 e. The quantitative estimate of drug-likeness (QED) is 0.865. The third-order valence-corrected chi connectivity index (χ3v) is 3.24. The zero-order chi connectivity index (χ0) is 13.0. The molecule has 1 saturated carbocycles. The molecule has 1 aliphatic rings. The fourth-order valence-electron chi connectivity index (χ4n) is 2.19. The van der Waals surface area contributed by atoms with Gasteiger partial charge in [-0.1, -0.05) is 6.42 Å². The zero-order valence-electron chi connectivity index (χ0n) is 10.3. The summed E-state index contributed by atoms with van der Waals surface area (Å²) < 4.78 is 4.92. The van der Waals surface area contributed by atoms with E-state index in [1.165, 1.54) is 7.11 Å². The number of anilines is 1. The van der Waals surface area contributed by atoms with E-state index in [0.29, 0.717) is 11.9 Å².